The molecule has 0 saturated heterocycles. The lowest BCUT2D eigenvalue weighted by Crippen LogP contribution is -2.16. The highest BCUT2D eigenvalue weighted by molar-refractivity contribution is 5.83. The topological polar surface area (TPSA) is 30.8 Å². The van der Waals surface area contributed by atoms with Gasteiger partial charge in [0.05, 0.1) is 13.2 Å². The van der Waals surface area contributed by atoms with Gasteiger partial charge >= 0.3 is 0 Å². The molecule has 0 radical (unpaired) electrons. The van der Waals surface area contributed by atoms with Gasteiger partial charge in [-0.05, 0) is 5.56 Å². The zero-order valence-corrected chi connectivity index (χ0v) is 9.13. The largest absolute Gasteiger partial charge is 0.477 e. The fourth-order valence-corrected chi connectivity index (χ4v) is 1.61. The first-order valence-corrected chi connectivity index (χ1v) is 5.36. The number of ether oxygens (including phenoxy) is 2. The Morgan fingerprint density at radius 2 is 2.25 bits per heavy atom. The fraction of sp³-hybridized carbons (Fsp3) is 0.308. The lowest BCUT2D eigenvalue weighted by molar-refractivity contribution is 0.104. The molecule has 1 unspecified atom stereocenters. The summed E-state index contributed by atoms with van der Waals surface area (Å²) in [6, 6.07) is 9.96. The number of hydrogen-bond donors (Lipinski definition) is 0. The molecule has 0 fully saturated rings. The molecule has 3 heteroatoms. The summed E-state index contributed by atoms with van der Waals surface area (Å²) in [4.78, 5) is 4.30. The smallest absolute Gasteiger partial charge is 0.218 e. The first-order valence-electron chi connectivity index (χ1n) is 5.36. The molecule has 1 atom stereocenters. The van der Waals surface area contributed by atoms with Crippen molar-refractivity contribution in [3.8, 4) is 0 Å². The van der Waals surface area contributed by atoms with Crippen molar-refractivity contribution in [2.45, 2.75) is 6.10 Å². The van der Waals surface area contributed by atoms with Crippen LogP contribution in [0.25, 0.3) is 0 Å². The minimum absolute atomic E-state index is 0.207. The molecule has 1 aromatic rings. The summed E-state index contributed by atoms with van der Waals surface area (Å²) in [7, 11) is 0. The Morgan fingerprint density at radius 3 is 2.88 bits per heavy atom. The van der Waals surface area contributed by atoms with Crippen molar-refractivity contribution < 1.29 is 9.47 Å². The zero-order valence-electron chi connectivity index (χ0n) is 9.13. The Hall–Kier alpha value is -1.61. The van der Waals surface area contributed by atoms with Crippen LogP contribution in [0.15, 0.2) is 48.0 Å². The highest BCUT2D eigenvalue weighted by Crippen LogP contribution is 2.21. The number of nitrogens with zero attached hydrogens (tertiary/aromatic N) is 1. The van der Waals surface area contributed by atoms with Crippen molar-refractivity contribution in [1.82, 2.24) is 0 Å². The van der Waals surface area contributed by atoms with Crippen LogP contribution in [0, 0.1) is 0 Å². The summed E-state index contributed by atoms with van der Waals surface area (Å²) in [5.74, 6) is 0.674. The van der Waals surface area contributed by atoms with Crippen molar-refractivity contribution in [3.05, 3.63) is 48.6 Å². The van der Waals surface area contributed by atoms with Gasteiger partial charge in [0.15, 0.2) is 6.10 Å². The summed E-state index contributed by atoms with van der Waals surface area (Å²) in [5.41, 5.74) is 1.06. The molecule has 16 heavy (non-hydrogen) atoms. The monoisotopic (exact) mass is 217 g/mol. The third-order valence-corrected chi connectivity index (χ3v) is 2.32. The van der Waals surface area contributed by atoms with Gasteiger partial charge in [0, 0.05) is 0 Å². The van der Waals surface area contributed by atoms with Crippen LogP contribution in [-0.4, -0.2) is 25.7 Å². The minimum atomic E-state index is -0.207. The van der Waals surface area contributed by atoms with Crippen LogP contribution >= 0.6 is 0 Å². The van der Waals surface area contributed by atoms with E-state index in [1.807, 2.05) is 30.3 Å². The van der Waals surface area contributed by atoms with Gasteiger partial charge in [-0.2, -0.15) is 0 Å². The van der Waals surface area contributed by atoms with Gasteiger partial charge in [-0.25, -0.2) is 4.99 Å². The van der Waals surface area contributed by atoms with Gasteiger partial charge in [0.2, 0.25) is 5.90 Å². The van der Waals surface area contributed by atoms with Crippen molar-refractivity contribution in [2.24, 2.45) is 4.99 Å². The van der Waals surface area contributed by atoms with Crippen molar-refractivity contribution >= 4 is 5.90 Å². The van der Waals surface area contributed by atoms with Gasteiger partial charge in [-0.1, -0.05) is 36.4 Å². The summed E-state index contributed by atoms with van der Waals surface area (Å²) in [6.45, 7) is 5.50. The van der Waals surface area contributed by atoms with E-state index in [4.69, 9.17) is 9.47 Å². The second kappa shape index (κ2) is 5.47. The quantitative estimate of drug-likeness (QED) is 0.709. The first-order chi connectivity index (χ1) is 7.92. The van der Waals surface area contributed by atoms with Crippen LogP contribution in [0.2, 0.25) is 0 Å². The third-order valence-electron chi connectivity index (χ3n) is 2.32. The molecule has 2 rings (SSSR count). The van der Waals surface area contributed by atoms with E-state index in [0.29, 0.717) is 19.1 Å². The molecule has 0 amide bonds. The van der Waals surface area contributed by atoms with E-state index >= 15 is 0 Å². The normalized spacial score (nSPS) is 16.4. The van der Waals surface area contributed by atoms with Gasteiger partial charge in [0.1, 0.15) is 6.61 Å². The van der Waals surface area contributed by atoms with E-state index in [1.165, 1.54) is 0 Å². The summed E-state index contributed by atoms with van der Waals surface area (Å²) in [6.07, 6.45) is 1.52. The molecule has 0 N–H and O–H groups in total. The van der Waals surface area contributed by atoms with Gasteiger partial charge in [-0.15, -0.1) is 6.58 Å². The Morgan fingerprint density at radius 1 is 1.44 bits per heavy atom. The molecule has 0 aliphatic carbocycles. The lowest BCUT2D eigenvalue weighted by Gasteiger charge is -2.16. The maximum Gasteiger partial charge on any atom is 0.218 e. The molecule has 1 aliphatic rings. The van der Waals surface area contributed by atoms with Crippen LogP contribution in [0.5, 0.6) is 0 Å². The highest BCUT2D eigenvalue weighted by atomic mass is 16.5. The Labute approximate surface area is 95.4 Å². The highest BCUT2D eigenvalue weighted by Gasteiger charge is 2.22. The van der Waals surface area contributed by atoms with E-state index in [1.54, 1.807) is 6.08 Å². The van der Waals surface area contributed by atoms with Crippen LogP contribution in [0.1, 0.15) is 11.7 Å². The minimum Gasteiger partial charge on any atom is -0.477 e. The summed E-state index contributed by atoms with van der Waals surface area (Å²) in [5, 5.41) is 0. The number of rotatable bonds is 5. The Balaban J connectivity index is 2.17. The molecular formula is C13H15NO2. The number of benzene rings is 1. The molecule has 3 nitrogen and oxygen atoms in total. The molecule has 1 heterocycles. The standard InChI is InChI=1S/C13H15NO2/c1-2-9-15-12(13-14-8-10-16-13)11-6-4-3-5-7-11/h2-7,12H,1,8-10H2. The number of hydrogen-bond acceptors (Lipinski definition) is 3. The average Bonchev–Trinajstić information content (AvgIpc) is 2.85. The van der Waals surface area contributed by atoms with E-state index < -0.39 is 0 Å². The molecule has 0 saturated carbocycles. The van der Waals surface area contributed by atoms with E-state index in [2.05, 4.69) is 11.6 Å². The van der Waals surface area contributed by atoms with Crippen LogP contribution < -0.4 is 0 Å². The van der Waals surface area contributed by atoms with E-state index in [9.17, 15) is 0 Å². The molecule has 1 aliphatic heterocycles. The SMILES string of the molecule is C=CCOC(C1=NCCO1)c1ccccc1. The second-order valence-corrected chi connectivity index (χ2v) is 3.48. The Kier molecular flexibility index (Phi) is 3.72. The van der Waals surface area contributed by atoms with Gasteiger partial charge in [-0.3, -0.25) is 0 Å². The van der Waals surface area contributed by atoms with Gasteiger partial charge < -0.3 is 9.47 Å². The molecule has 84 valence electrons. The molecule has 0 bridgehead atoms. The molecule has 0 aromatic heterocycles. The van der Waals surface area contributed by atoms with Crippen molar-refractivity contribution in [1.29, 1.82) is 0 Å². The predicted molar refractivity (Wildman–Crippen MR) is 63.6 cm³/mol. The molecule has 1 aromatic carbocycles. The Bertz CT molecular complexity index is 373. The van der Waals surface area contributed by atoms with Crippen molar-refractivity contribution in [2.75, 3.05) is 19.8 Å². The maximum atomic E-state index is 5.69. The zero-order chi connectivity index (χ0) is 11.2. The van der Waals surface area contributed by atoms with E-state index in [0.717, 1.165) is 12.1 Å². The average molecular weight is 217 g/mol. The van der Waals surface area contributed by atoms with Crippen LogP contribution in [0.3, 0.4) is 0 Å². The van der Waals surface area contributed by atoms with Crippen LogP contribution in [0.4, 0.5) is 0 Å². The lowest BCUT2D eigenvalue weighted by atomic mass is 10.1. The predicted octanol–water partition coefficient (Wildman–Crippen LogP) is 2.36. The maximum absolute atomic E-state index is 5.69. The van der Waals surface area contributed by atoms with Crippen LogP contribution in [-0.2, 0) is 9.47 Å². The summed E-state index contributed by atoms with van der Waals surface area (Å²) < 4.78 is 11.1. The first kappa shape index (κ1) is 10.9. The molecular weight excluding hydrogens is 202 g/mol. The molecule has 0 spiro atoms. The fourth-order valence-electron chi connectivity index (χ4n) is 1.61. The van der Waals surface area contributed by atoms with Crippen molar-refractivity contribution in [3.63, 3.8) is 0 Å². The second-order valence-electron chi connectivity index (χ2n) is 3.48. The van der Waals surface area contributed by atoms with Gasteiger partial charge in [0.25, 0.3) is 0 Å². The number of aliphatic imine (C=N–C) groups is 1. The third kappa shape index (κ3) is 2.49. The summed E-state index contributed by atoms with van der Waals surface area (Å²) >= 11 is 0. The van der Waals surface area contributed by atoms with E-state index in [-0.39, 0.29) is 6.10 Å².